The first-order chi connectivity index (χ1) is 16.5. The monoisotopic (exact) mass is 499 g/mol. The van der Waals surface area contributed by atoms with Gasteiger partial charge in [-0.15, -0.1) is 0 Å². The van der Waals surface area contributed by atoms with E-state index < -0.39 is 24.6 Å². The van der Waals surface area contributed by atoms with Gasteiger partial charge in [-0.1, -0.05) is 12.1 Å². The first-order valence-corrected chi connectivity index (χ1v) is 11.0. The molecule has 0 saturated heterocycles. The smallest absolute Gasteiger partial charge is 0.376 e. The van der Waals surface area contributed by atoms with E-state index in [2.05, 4.69) is 20.9 Å². The van der Waals surface area contributed by atoms with Gasteiger partial charge in [-0.3, -0.25) is 9.20 Å². The van der Waals surface area contributed by atoms with E-state index in [9.17, 15) is 31.1 Å². The molecule has 4 rings (SSSR count). The van der Waals surface area contributed by atoms with Crippen LogP contribution in [0.4, 0.5) is 37.8 Å². The molecule has 3 aromatic rings. The molecule has 35 heavy (non-hydrogen) atoms. The Kier molecular flexibility index (Phi) is 6.82. The zero-order chi connectivity index (χ0) is 25.2. The van der Waals surface area contributed by atoms with Gasteiger partial charge in [-0.2, -0.15) is 26.3 Å². The van der Waals surface area contributed by atoms with E-state index in [1.165, 1.54) is 34.7 Å². The minimum atomic E-state index is -4.53. The van der Waals surface area contributed by atoms with Crippen molar-refractivity contribution in [3.8, 4) is 0 Å². The number of carbonyl (C=O) groups excluding carboxylic acids is 1. The molecule has 0 atom stereocenters. The predicted octanol–water partition coefficient (Wildman–Crippen LogP) is 5.48. The summed E-state index contributed by atoms with van der Waals surface area (Å²) in [5, 5.41) is 8.44. The molecule has 1 fully saturated rings. The molecule has 1 aliphatic rings. The van der Waals surface area contributed by atoms with E-state index >= 15 is 0 Å². The second-order valence-electron chi connectivity index (χ2n) is 8.48. The molecular formula is C23H23F6N5O. The van der Waals surface area contributed by atoms with Crippen molar-refractivity contribution in [2.75, 3.05) is 17.2 Å². The number of hydrogen-bond donors (Lipinski definition) is 3. The van der Waals surface area contributed by atoms with E-state index in [0.717, 1.165) is 6.20 Å². The molecule has 3 N–H and O–H groups in total. The number of aromatic nitrogens is 2. The van der Waals surface area contributed by atoms with Crippen molar-refractivity contribution >= 4 is 23.1 Å². The molecule has 0 bridgehead atoms. The summed E-state index contributed by atoms with van der Waals surface area (Å²) in [6, 6.07) is 10.6. The van der Waals surface area contributed by atoms with E-state index in [-0.39, 0.29) is 34.9 Å². The molecule has 1 amide bonds. The lowest BCUT2D eigenvalue weighted by molar-refractivity contribution is -0.140. The van der Waals surface area contributed by atoms with Crippen LogP contribution >= 0.6 is 0 Å². The lowest BCUT2D eigenvalue weighted by Gasteiger charge is -2.30. The SMILES string of the molecule is O=C(N[C@H]1CC[C@@H](Nc2cccc3nc(C(F)(F)F)cn23)CC1)c1cccc(NCC(F)(F)F)c1. The highest BCUT2D eigenvalue weighted by Gasteiger charge is 2.34. The minimum Gasteiger partial charge on any atom is -0.376 e. The fourth-order valence-electron chi connectivity index (χ4n) is 4.10. The van der Waals surface area contributed by atoms with Crippen LogP contribution in [0.3, 0.4) is 0 Å². The van der Waals surface area contributed by atoms with Gasteiger partial charge in [-0.05, 0) is 56.0 Å². The highest BCUT2D eigenvalue weighted by atomic mass is 19.4. The summed E-state index contributed by atoms with van der Waals surface area (Å²) in [5.74, 6) is 0.126. The molecule has 1 aromatic carbocycles. The maximum atomic E-state index is 13.0. The van der Waals surface area contributed by atoms with Crippen LogP contribution in [0.15, 0.2) is 48.7 Å². The minimum absolute atomic E-state index is 0.000357. The fraction of sp³-hybridized carbons (Fsp3) is 0.391. The van der Waals surface area contributed by atoms with Crippen LogP contribution in [0.1, 0.15) is 41.7 Å². The second kappa shape index (κ2) is 9.67. The van der Waals surface area contributed by atoms with Gasteiger partial charge in [0.25, 0.3) is 5.91 Å². The van der Waals surface area contributed by atoms with Crippen molar-refractivity contribution in [2.24, 2.45) is 0 Å². The summed E-state index contributed by atoms with van der Waals surface area (Å²) in [6.45, 7) is -1.20. The quantitative estimate of drug-likeness (QED) is 0.393. The molecule has 2 aromatic heterocycles. The number of nitrogens with one attached hydrogen (secondary N) is 3. The number of carbonyl (C=O) groups is 1. The number of fused-ring (bicyclic) bond motifs is 1. The molecule has 1 saturated carbocycles. The van der Waals surface area contributed by atoms with Gasteiger partial charge < -0.3 is 16.0 Å². The third kappa shape index (κ3) is 6.37. The number of nitrogens with zero attached hydrogens (tertiary/aromatic N) is 2. The normalized spacial score (nSPS) is 18.9. The number of hydrogen-bond acceptors (Lipinski definition) is 4. The van der Waals surface area contributed by atoms with Crippen molar-refractivity contribution in [1.29, 1.82) is 0 Å². The molecule has 0 spiro atoms. The highest BCUT2D eigenvalue weighted by molar-refractivity contribution is 5.95. The molecule has 6 nitrogen and oxygen atoms in total. The number of imidazole rings is 1. The Balaban J connectivity index is 1.32. The Morgan fingerprint density at radius 3 is 2.34 bits per heavy atom. The van der Waals surface area contributed by atoms with Crippen LogP contribution in [0.2, 0.25) is 0 Å². The summed E-state index contributed by atoms with van der Waals surface area (Å²) in [4.78, 5) is 16.2. The summed E-state index contributed by atoms with van der Waals surface area (Å²) in [7, 11) is 0. The van der Waals surface area contributed by atoms with Crippen molar-refractivity contribution in [3.05, 3.63) is 59.9 Å². The lowest BCUT2D eigenvalue weighted by atomic mass is 9.91. The number of halogens is 6. The summed E-state index contributed by atoms with van der Waals surface area (Å²) < 4.78 is 77.6. The topological polar surface area (TPSA) is 70.5 Å². The number of pyridine rings is 1. The third-order valence-electron chi connectivity index (χ3n) is 5.81. The highest BCUT2D eigenvalue weighted by Crippen LogP contribution is 2.30. The van der Waals surface area contributed by atoms with E-state index in [4.69, 9.17) is 0 Å². The van der Waals surface area contributed by atoms with Crippen molar-refractivity contribution in [3.63, 3.8) is 0 Å². The van der Waals surface area contributed by atoms with Crippen molar-refractivity contribution in [2.45, 2.75) is 50.1 Å². The van der Waals surface area contributed by atoms with E-state index in [0.29, 0.717) is 31.5 Å². The number of anilines is 2. The molecular weight excluding hydrogens is 476 g/mol. The van der Waals surface area contributed by atoms with Crippen molar-refractivity contribution in [1.82, 2.24) is 14.7 Å². The van der Waals surface area contributed by atoms with Crippen LogP contribution in [0.5, 0.6) is 0 Å². The van der Waals surface area contributed by atoms with Gasteiger partial charge in [0.1, 0.15) is 18.0 Å². The first-order valence-electron chi connectivity index (χ1n) is 11.0. The number of alkyl halides is 6. The van der Waals surface area contributed by atoms with Gasteiger partial charge in [0.05, 0.1) is 0 Å². The van der Waals surface area contributed by atoms with Crippen LogP contribution in [-0.4, -0.2) is 40.1 Å². The Morgan fingerprint density at radius 2 is 1.66 bits per heavy atom. The zero-order valence-corrected chi connectivity index (χ0v) is 18.4. The Labute approximate surface area is 196 Å². The van der Waals surface area contributed by atoms with Crippen LogP contribution in [-0.2, 0) is 6.18 Å². The average Bonchev–Trinajstić information content (AvgIpc) is 3.25. The average molecular weight is 499 g/mol. The van der Waals surface area contributed by atoms with E-state index in [1.807, 2.05) is 0 Å². The van der Waals surface area contributed by atoms with Gasteiger partial charge in [0.2, 0.25) is 0 Å². The predicted molar refractivity (Wildman–Crippen MR) is 118 cm³/mol. The van der Waals surface area contributed by atoms with Gasteiger partial charge >= 0.3 is 12.4 Å². The molecule has 1 aliphatic carbocycles. The fourth-order valence-corrected chi connectivity index (χ4v) is 4.10. The molecule has 2 heterocycles. The number of benzene rings is 1. The standard InChI is InChI=1S/C23H23F6N5O/c24-22(25,26)13-30-17-4-1-3-14(11-17)21(35)32-16-9-7-15(8-10-16)31-19-5-2-6-20-33-18(12-34(19)20)23(27,28)29/h1-6,11-12,15-16,30-31H,7-10,13H2,(H,32,35)/t15-,16+. The Bertz CT molecular complexity index is 1180. The van der Waals surface area contributed by atoms with Gasteiger partial charge in [0.15, 0.2) is 5.69 Å². The Morgan fingerprint density at radius 1 is 0.971 bits per heavy atom. The zero-order valence-electron chi connectivity index (χ0n) is 18.4. The summed E-state index contributed by atoms with van der Waals surface area (Å²) in [5.41, 5.74) is -0.319. The lowest BCUT2D eigenvalue weighted by Crippen LogP contribution is -2.40. The molecule has 188 valence electrons. The largest absolute Gasteiger partial charge is 0.434 e. The van der Waals surface area contributed by atoms with Gasteiger partial charge in [0, 0.05) is 29.5 Å². The molecule has 0 unspecified atom stereocenters. The second-order valence-corrected chi connectivity index (χ2v) is 8.48. The molecule has 0 aliphatic heterocycles. The third-order valence-corrected chi connectivity index (χ3v) is 5.81. The van der Waals surface area contributed by atoms with Crippen LogP contribution in [0, 0.1) is 0 Å². The van der Waals surface area contributed by atoms with E-state index in [1.54, 1.807) is 12.1 Å². The summed E-state index contributed by atoms with van der Waals surface area (Å²) in [6.07, 6.45) is -5.31. The Hall–Kier alpha value is -3.44. The maximum absolute atomic E-state index is 13.0. The molecule has 0 radical (unpaired) electrons. The number of rotatable bonds is 6. The number of amides is 1. The van der Waals surface area contributed by atoms with Gasteiger partial charge in [-0.25, -0.2) is 4.98 Å². The van der Waals surface area contributed by atoms with Crippen LogP contribution in [0.25, 0.3) is 5.65 Å². The molecule has 12 heteroatoms. The maximum Gasteiger partial charge on any atom is 0.434 e. The first kappa shape index (κ1) is 24.7. The van der Waals surface area contributed by atoms with Crippen molar-refractivity contribution < 1.29 is 31.1 Å². The summed E-state index contributed by atoms with van der Waals surface area (Å²) >= 11 is 0. The van der Waals surface area contributed by atoms with Crippen LogP contribution < -0.4 is 16.0 Å².